The van der Waals surface area contributed by atoms with Crippen molar-refractivity contribution in [2.24, 2.45) is 0 Å². The molecular formula is C17H15ClN2O4. The number of nitro groups is 1. The van der Waals surface area contributed by atoms with Crippen molar-refractivity contribution in [1.29, 1.82) is 0 Å². The summed E-state index contributed by atoms with van der Waals surface area (Å²) >= 11 is 5.91. The summed E-state index contributed by atoms with van der Waals surface area (Å²) in [4.78, 5) is 24.7. The fraction of sp³-hybridized carbons (Fsp3) is 0.235. The van der Waals surface area contributed by atoms with E-state index >= 15 is 0 Å². The van der Waals surface area contributed by atoms with E-state index in [0.717, 1.165) is 5.56 Å². The molecule has 7 heteroatoms. The van der Waals surface area contributed by atoms with E-state index in [4.69, 9.17) is 16.3 Å². The normalized spacial score (nSPS) is 14.2. The maximum atomic E-state index is 12.7. The van der Waals surface area contributed by atoms with Crippen molar-refractivity contribution in [2.75, 3.05) is 11.4 Å². The summed E-state index contributed by atoms with van der Waals surface area (Å²) in [6.07, 6.45) is -0.0585. The van der Waals surface area contributed by atoms with E-state index in [-0.39, 0.29) is 11.6 Å². The molecule has 0 aromatic heterocycles. The van der Waals surface area contributed by atoms with E-state index < -0.39 is 11.0 Å². The highest BCUT2D eigenvalue weighted by Crippen LogP contribution is 2.32. The molecule has 0 fully saturated rings. The van der Waals surface area contributed by atoms with Crippen LogP contribution in [0.3, 0.4) is 0 Å². The van der Waals surface area contributed by atoms with Crippen LogP contribution in [0.25, 0.3) is 0 Å². The zero-order valence-electron chi connectivity index (χ0n) is 12.9. The summed E-state index contributed by atoms with van der Waals surface area (Å²) in [5.41, 5.74) is 1.47. The maximum absolute atomic E-state index is 12.7. The van der Waals surface area contributed by atoms with Crippen LogP contribution in [0.15, 0.2) is 42.5 Å². The molecule has 1 heterocycles. The lowest BCUT2D eigenvalue weighted by Crippen LogP contribution is -2.39. The fourth-order valence-corrected chi connectivity index (χ4v) is 2.90. The molecular weight excluding hydrogens is 332 g/mol. The first-order chi connectivity index (χ1) is 11.5. The van der Waals surface area contributed by atoms with Crippen LogP contribution in [0.4, 0.5) is 11.4 Å². The summed E-state index contributed by atoms with van der Waals surface area (Å²) in [7, 11) is 0. The Bertz CT molecular complexity index is 809. The molecule has 1 atom stereocenters. The van der Waals surface area contributed by atoms with Gasteiger partial charge in [0.15, 0.2) is 6.10 Å². The number of carbonyl (C=O) groups is 1. The van der Waals surface area contributed by atoms with Crippen molar-refractivity contribution in [1.82, 2.24) is 0 Å². The maximum Gasteiger partial charge on any atom is 0.271 e. The number of benzene rings is 2. The van der Waals surface area contributed by atoms with Crippen molar-refractivity contribution in [3.63, 3.8) is 0 Å². The highest BCUT2D eigenvalue weighted by Gasteiger charge is 2.30. The predicted octanol–water partition coefficient (Wildman–Crippen LogP) is 3.60. The first kappa shape index (κ1) is 16.3. The topological polar surface area (TPSA) is 72.7 Å². The molecule has 2 aromatic rings. The Kier molecular flexibility index (Phi) is 4.40. The molecule has 0 spiro atoms. The van der Waals surface area contributed by atoms with Crippen molar-refractivity contribution < 1.29 is 14.5 Å². The number of anilines is 1. The van der Waals surface area contributed by atoms with Crippen molar-refractivity contribution in [3.05, 3.63) is 63.2 Å². The van der Waals surface area contributed by atoms with Gasteiger partial charge in [-0.2, -0.15) is 0 Å². The van der Waals surface area contributed by atoms with Gasteiger partial charge in [-0.05, 0) is 37.1 Å². The van der Waals surface area contributed by atoms with Crippen LogP contribution in [0.5, 0.6) is 5.75 Å². The van der Waals surface area contributed by atoms with Gasteiger partial charge in [0.05, 0.1) is 10.6 Å². The molecule has 24 heavy (non-hydrogen) atoms. The summed E-state index contributed by atoms with van der Waals surface area (Å²) < 4.78 is 5.65. The molecule has 1 unspecified atom stereocenters. The second-order valence-electron chi connectivity index (χ2n) is 5.53. The first-order valence-corrected chi connectivity index (χ1v) is 7.84. The first-order valence-electron chi connectivity index (χ1n) is 7.46. The molecule has 0 N–H and O–H groups in total. The second kappa shape index (κ2) is 6.49. The standard InChI is InChI=1S/C17H15ClN2O4/c1-11(24-15-4-2-3-13(18)9-15)17(21)19-8-7-12-5-6-14(20(22)23)10-16(12)19/h2-6,9-11H,7-8H2,1H3. The number of nitrogens with zero attached hydrogens (tertiary/aromatic N) is 2. The number of hydrogen-bond donors (Lipinski definition) is 0. The Morgan fingerprint density at radius 1 is 1.33 bits per heavy atom. The van der Waals surface area contributed by atoms with Gasteiger partial charge in [-0.15, -0.1) is 0 Å². The van der Waals surface area contributed by atoms with Gasteiger partial charge in [0.2, 0.25) is 0 Å². The van der Waals surface area contributed by atoms with Crippen LogP contribution in [-0.4, -0.2) is 23.5 Å². The zero-order chi connectivity index (χ0) is 17.3. The molecule has 1 aliphatic rings. The number of non-ortho nitro benzene ring substituents is 1. The quantitative estimate of drug-likeness (QED) is 0.626. The number of hydrogen-bond acceptors (Lipinski definition) is 4. The molecule has 2 aromatic carbocycles. The minimum atomic E-state index is -0.728. The van der Waals surface area contributed by atoms with E-state index in [2.05, 4.69) is 0 Å². The van der Waals surface area contributed by atoms with Gasteiger partial charge in [-0.3, -0.25) is 14.9 Å². The van der Waals surface area contributed by atoms with Gasteiger partial charge >= 0.3 is 0 Å². The van der Waals surface area contributed by atoms with Crippen LogP contribution in [0, 0.1) is 10.1 Å². The zero-order valence-corrected chi connectivity index (χ0v) is 13.7. The molecule has 0 bridgehead atoms. The van der Waals surface area contributed by atoms with Crippen molar-refractivity contribution in [2.45, 2.75) is 19.4 Å². The summed E-state index contributed by atoms with van der Waals surface area (Å²) in [5.74, 6) is 0.260. The van der Waals surface area contributed by atoms with Gasteiger partial charge in [0, 0.05) is 23.7 Å². The summed E-state index contributed by atoms with van der Waals surface area (Å²) in [6, 6.07) is 11.4. The van der Waals surface area contributed by atoms with Gasteiger partial charge in [0.1, 0.15) is 5.75 Å². The number of ether oxygens (including phenoxy) is 1. The van der Waals surface area contributed by atoms with E-state index in [1.807, 2.05) is 0 Å². The van der Waals surface area contributed by atoms with E-state index in [0.29, 0.717) is 29.4 Å². The molecule has 6 nitrogen and oxygen atoms in total. The molecule has 1 amide bonds. The lowest BCUT2D eigenvalue weighted by molar-refractivity contribution is -0.384. The van der Waals surface area contributed by atoms with Crippen molar-refractivity contribution >= 4 is 28.9 Å². The van der Waals surface area contributed by atoms with Gasteiger partial charge < -0.3 is 9.64 Å². The minimum Gasteiger partial charge on any atom is -0.481 e. The average Bonchev–Trinajstić information content (AvgIpc) is 2.97. The highest BCUT2D eigenvalue weighted by molar-refractivity contribution is 6.30. The molecule has 0 aliphatic carbocycles. The number of nitro benzene ring substituents is 1. The number of rotatable bonds is 4. The lowest BCUT2D eigenvalue weighted by Gasteiger charge is -2.22. The third-order valence-corrected chi connectivity index (χ3v) is 4.13. The third-order valence-electron chi connectivity index (χ3n) is 3.90. The number of carbonyl (C=O) groups excluding carboxylic acids is 1. The smallest absolute Gasteiger partial charge is 0.271 e. The summed E-state index contributed by atoms with van der Waals surface area (Å²) in [6.45, 7) is 2.14. The van der Waals surface area contributed by atoms with Crippen LogP contribution in [0.1, 0.15) is 12.5 Å². The van der Waals surface area contributed by atoms with E-state index in [9.17, 15) is 14.9 Å². The highest BCUT2D eigenvalue weighted by atomic mass is 35.5. The van der Waals surface area contributed by atoms with Crippen LogP contribution >= 0.6 is 11.6 Å². The average molecular weight is 347 g/mol. The largest absolute Gasteiger partial charge is 0.481 e. The van der Waals surface area contributed by atoms with Crippen LogP contribution < -0.4 is 9.64 Å². The summed E-state index contributed by atoms with van der Waals surface area (Å²) in [5, 5.41) is 11.5. The lowest BCUT2D eigenvalue weighted by atomic mass is 10.1. The Hall–Kier alpha value is -2.60. The Balaban J connectivity index is 1.79. The monoisotopic (exact) mass is 346 g/mol. The molecule has 0 saturated heterocycles. The number of halogens is 1. The Labute approximate surface area is 143 Å². The number of amides is 1. The molecule has 3 rings (SSSR count). The van der Waals surface area contributed by atoms with E-state index in [1.165, 1.54) is 17.0 Å². The second-order valence-corrected chi connectivity index (χ2v) is 5.96. The molecule has 0 radical (unpaired) electrons. The minimum absolute atomic E-state index is 0.0307. The van der Waals surface area contributed by atoms with Crippen LogP contribution in [0.2, 0.25) is 5.02 Å². The Morgan fingerprint density at radius 3 is 2.83 bits per heavy atom. The van der Waals surface area contributed by atoms with Crippen LogP contribution in [-0.2, 0) is 11.2 Å². The van der Waals surface area contributed by atoms with Crippen molar-refractivity contribution in [3.8, 4) is 5.75 Å². The molecule has 1 aliphatic heterocycles. The van der Waals surface area contributed by atoms with Gasteiger partial charge in [0.25, 0.3) is 11.6 Å². The number of fused-ring (bicyclic) bond motifs is 1. The fourth-order valence-electron chi connectivity index (χ4n) is 2.72. The SMILES string of the molecule is CC(Oc1cccc(Cl)c1)C(=O)N1CCc2ccc([N+](=O)[O-])cc21. The predicted molar refractivity (Wildman–Crippen MR) is 90.7 cm³/mol. The van der Waals surface area contributed by atoms with Gasteiger partial charge in [-0.25, -0.2) is 0 Å². The molecule has 124 valence electrons. The molecule has 0 saturated carbocycles. The Morgan fingerprint density at radius 2 is 2.12 bits per heavy atom. The van der Waals surface area contributed by atoms with Gasteiger partial charge in [-0.1, -0.05) is 23.7 Å². The van der Waals surface area contributed by atoms with E-state index in [1.54, 1.807) is 37.3 Å². The third kappa shape index (κ3) is 3.19.